The summed E-state index contributed by atoms with van der Waals surface area (Å²) in [5.74, 6) is 0.509. The molecule has 0 bridgehead atoms. The maximum absolute atomic E-state index is 9.97. The average Bonchev–Trinajstić information content (AvgIpc) is 2.69. The number of fused-ring (bicyclic) bond motifs is 1. The van der Waals surface area contributed by atoms with E-state index < -0.39 is 0 Å². The van der Waals surface area contributed by atoms with Crippen LogP contribution >= 0.6 is 0 Å². The van der Waals surface area contributed by atoms with Crippen LogP contribution in [0.3, 0.4) is 0 Å². The van der Waals surface area contributed by atoms with E-state index >= 15 is 0 Å². The van der Waals surface area contributed by atoms with E-state index in [9.17, 15) is 5.21 Å². The van der Waals surface area contributed by atoms with E-state index in [4.69, 9.17) is 0 Å². The number of hydrogen-bond acceptors (Lipinski definition) is 3. The van der Waals surface area contributed by atoms with Crippen molar-refractivity contribution in [1.82, 2.24) is 14.7 Å². The van der Waals surface area contributed by atoms with Crippen molar-refractivity contribution in [2.75, 3.05) is 0 Å². The maximum Gasteiger partial charge on any atom is 0.178 e. The van der Waals surface area contributed by atoms with Gasteiger partial charge in [0.15, 0.2) is 5.82 Å². The molecule has 1 N–H and O–H groups in total. The van der Waals surface area contributed by atoms with Crippen LogP contribution in [0, 0.1) is 0 Å². The van der Waals surface area contributed by atoms with E-state index in [1.165, 1.54) is 0 Å². The first-order valence-electron chi connectivity index (χ1n) is 4.93. The number of para-hydroxylation sites is 2. The van der Waals surface area contributed by atoms with Gasteiger partial charge in [0.25, 0.3) is 0 Å². The van der Waals surface area contributed by atoms with Gasteiger partial charge in [0, 0.05) is 18.0 Å². The zero-order valence-corrected chi connectivity index (χ0v) is 8.41. The normalized spacial score (nSPS) is 10.8. The van der Waals surface area contributed by atoms with Gasteiger partial charge in [-0.1, -0.05) is 12.1 Å². The van der Waals surface area contributed by atoms with Gasteiger partial charge in [-0.3, -0.25) is 4.98 Å². The third-order valence-electron chi connectivity index (χ3n) is 2.46. The fourth-order valence-electron chi connectivity index (χ4n) is 1.70. The molecule has 0 aliphatic heterocycles. The third-order valence-corrected chi connectivity index (χ3v) is 2.46. The number of imidazole rings is 1. The van der Waals surface area contributed by atoms with Crippen molar-refractivity contribution >= 4 is 11.0 Å². The van der Waals surface area contributed by atoms with Crippen molar-refractivity contribution in [3.05, 3.63) is 48.8 Å². The van der Waals surface area contributed by atoms with Gasteiger partial charge in [-0.2, -0.15) is 4.73 Å². The number of hydrogen-bond donors (Lipinski definition) is 1. The highest BCUT2D eigenvalue weighted by atomic mass is 16.5. The van der Waals surface area contributed by atoms with Crippen LogP contribution in [0.4, 0.5) is 0 Å². The molecule has 0 amide bonds. The Morgan fingerprint density at radius 2 is 1.94 bits per heavy atom. The number of nitrogens with zero attached hydrogens (tertiary/aromatic N) is 3. The number of benzene rings is 1. The molecule has 0 aliphatic carbocycles. The van der Waals surface area contributed by atoms with Crippen molar-refractivity contribution in [3.8, 4) is 11.4 Å². The second-order valence-corrected chi connectivity index (χ2v) is 3.48. The molecule has 1 aromatic carbocycles. The Morgan fingerprint density at radius 1 is 1.06 bits per heavy atom. The van der Waals surface area contributed by atoms with E-state index in [0.717, 1.165) is 15.8 Å². The van der Waals surface area contributed by atoms with Gasteiger partial charge >= 0.3 is 0 Å². The summed E-state index contributed by atoms with van der Waals surface area (Å²) in [6.45, 7) is 0. The third kappa shape index (κ3) is 1.24. The summed E-state index contributed by atoms with van der Waals surface area (Å²) in [4.78, 5) is 8.36. The van der Waals surface area contributed by atoms with Crippen LogP contribution in [-0.4, -0.2) is 19.9 Å². The summed E-state index contributed by atoms with van der Waals surface area (Å²) in [7, 11) is 0. The van der Waals surface area contributed by atoms with Crippen LogP contribution in [0.1, 0.15) is 0 Å². The minimum atomic E-state index is 0.509. The molecule has 78 valence electrons. The highest BCUT2D eigenvalue weighted by Gasteiger charge is 2.10. The Morgan fingerprint density at radius 3 is 2.69 bits per heavy atom. The zero-order chi connectivity index (χ0) is 11.0. The molecular weight excluding hydrogens is 202 g/mol. The predicted molar refractivity (Wildman–Crippen MR) is 60.1 cm³/mol. The molecule has 0 fully saturated rings. The Bertz CT molecular complexity index is 631. The van der Waals surface area contributed by atoms with E-state index in [2.05, 4.69) is 9.97 Å². The van der Waals surface area contributed by atoms with E-state index in [1.807, 2.05) is 36.4 Å². The molecule has 2 aromatic heterocycles. The molecule has 0 radical (unpaired) electrons. The SMILES string of the molecule is On1c(-c2cccnc2)nc2ccccc21. The van der Waals surface area contributed by atoms with Crippen molar-refractivity contribution < 1.29 is 5.21 Å². The summed E-state index contributed by atoms with van der Waals surface area (Å²) < 4.78 is 1.09. The van der Waals surface area contributed by atoms with Crippen LogP contribution in [0.25, 0.3) is 22.4 Å². The zero-order valence-electron chi connectivity index (χ0n) is 8.41. The van der Waals surface area contributed by atoms with Crippen LogP contribution < -0.4 is 0 Å². The maximum atomic E-state index is 9.97. The van der Waals surface area contributed by atoms with Crippen LogP contribution in [0.15, 0.2) is 48.8 Å². The van der Waals surface area contributed by atoms with Gasteiger partial charge in [0.05, 0.1) is 5.52 Å². The molecule has 3 aromatic rings. The number of pyridine rings is 1. The summed E-state index contributed by atoms with van der Waals surface area (Å²) in [5, 5.41) is 9.97. The molecule has 3 rings (SSSR count). The predicted octanol–water partition coefficient (Wildman–Crippen LogP) is 2.34. The van der Waals surface area contributed by atoms with Crippen molar-refractivity contribution in [1.29, 1.82) is 0 Å². The van der Waals surface area contributed by atoms with Crippen molar-refractivity contribution in [3.63, 3.8) is 0 Å². The lowest BCUT2D eigenvalue weighted by molar-refractivity contribution is 0.203. The molecular formula is C12H9N3O. The molecule has 4 heteroatoms. The molecule has 0 saturated heterocycles. The van der Waals surface area contributed by atoms with E-state index in [-0.39, 0.29) is 0 Å². The standard InChI is InChI=1S/C12H9N3O/c16-15-11-6-2-1-5-10(11)14-12(15)9-4-3-7-13-8-9/h1-8,16H. The quantitative estimate of drug-likeness (QED) is 0.628. The Kier molecular flexibility index (Phi) is 1.86. The summed E-state index contributed by atoms with van der Waals surface area (Å²) in [6, 6.07) is 11.1. The average molecular weight is 211 g/mol. The lowest BCUT2D eigenvalue weighted by atomic mass is 10.3. The topological polar surface area (TPSA) is 50.9 Å². The minimum Gasteiger partial charge on any atom is -0.426 e. The molecule has 4 nitrogen and oxygen atoms in total. The van der Waals surface area contributed by atoms with Gasteiger partial charge in [-0.05, 0) is 24.3 Å². The molecule has 0 spiro atoms. The highest BCUT2D eigenvalue weighted by Crippen LogP contribution is 2.21. The lowest BCUT2D eigenvalue weighted by Crippen LogP contribution is -1.93. The Balaban J connectivity index is 2.29. The second kappa shape index (κ2) is 3.34. The first kappa shape index (κ1) is 8.91. The minimum absolute atomic E-state index is 0.509. The Hall–Kier alpha value is -2.36. The van der Waals surface area contributed by atoms with Gasteiger partial charge in [0.2, 0.25) is 0 Å². The molecule has 0 unspecified atom stereocenters. The van der Waals surface area contributed by atoms with Crippen LogP contribution in [-0.2, 0) is 0 Å². The van der Waals surface area contributed by atoms with Gasteiger partial charge < -0.3 is 5.21 Å². The fourth-order valence-corrected chi connectivity index (χ4v) is 1.70. The van der Waals surface area contributed by atoms with Crippen molar-refractivity contribution in [2.24, 2.45) is 0 Å². The monoisotopic (exact) mass is 211 g/mol. The molecule has 0 atom stereocenters. The van der Waals surface area contributed by atoms with E-state index in [0.29, 0.717) is 11.3 Å². The summed E-state index contributed by atoms with van der Waals surface area (Å²) >= 11 is 0. The van der Waals surface area contributed by atoms with Crippen molar-refractivity contribution in [2.45, 2.75) is 0 Å². The number of aromatic nitrogens is 3. The second-order valence-electron chi connectivity index (χ2n) is 3.48. The lowest BCUT2D eigenvalue weighted by Gasteiger charge is -1.99. The summed E-state index contributed by atoms with van der Waals surface area (Å²) in [6.07, 6.45) is 3.36. The van der Waals surface area contributed by atoms with Crippen LogP contribution in [0.5, 0.6) is 0 Å². The summed E-state index contributed by atoms with van der Waals surface area (Å²) in [5.41, 5.74) is 2.26. The fraction of sp³-hybridized carbons (Fsp3) is 0. The smallest absolute Gasteiger partial charge is 0.178 e. The molecule has 2 heterocycles. The first-order valence-corrected chi connectivity index (χ1v) is 4.93. The largest absolute Gasteiger partial charge is 0.426 e. The molecule has 0 aliphatic rings. The first-order chi connectivity index (χ1) is 7.86. The molecule has 16 heavy (non-hydrogen) atoms. The Labute approximate surface area is 91.8 Å². The van der Waals surface area contributed by atoms with E-state index in [1.54, 1.807) is 12.4 Å². The highest BCUT2D eigenvalue weighted by molar-refractivity contribution is 5.79. The van der Waals surface area contributed by atoms with Gasteiger partial charge in [-0.15, -0.1) is 0 Å². The number of rotatable bonds is 1. The molecule has 0 saturated carbocycles. The van der Waals surface area contributed by atoms with Gasteiger partial charge in [0.1, 0.15) is 5.52 Å². The van der Waals surface area contributed by atoms with Crippen LogP contribution in [0.2, 0.25) is 0 Å². The van der Waals surface area contributed by atoms with Gasteiger partial charge in [-0.25, -0.2) is 4.98 Å².